The summed E-state index contributed by atoms with van der Waals surface area (Å²) in [5.74, 6) is -0.375. The highest BCUT2D eigenvalue weighted by atomic mass is 16.6. The van der Waals surface area contributed by atoms with E-state index in [0.29, 0.717) is 18.8 Å². The number of amides is 1. The highest BCUT2D eigenvalue weighted by Crippen LogP contribution is 2.29. The first kappa shape index (κ1) is 15.4. The number of nitro benzene ring substituents is 1. The van der Waals surface area contributed by atoms with Crippen LogP contribution >= 0.6 is 0 Å². The van der Waals surface area contributed by atoms with Crippen LogP contribution in [0.3, 0.4) is 0 Å². The molecule has 1 aromatic rings. The van der Waals surface area contributed by atoms with Crippen LogP contribution in [0.15, 0.2) is 18.2 Å². The number of hydrogen-bond donors (Lipinski definition) is 1. The van der Waals surface area contributed by atoms with Gasteiger partial charge in [-0.15, -0.1) is 0 Å². The summed E-state index contributed by atoms with van der Waals surface area (Å²) in [6.45, 7) is 2.81. The second-order valence-corrected chi connectivity index (χ2v) is 4.03. The number of carbonyl (C=O) groups excluding carboxylic acids is 1. The monoisotopic (exact) mass is 276 g/mol. The van der Waals surface area contributed by atoms with Crippen molar-refractivity contribution in [3.63, 3.8) is 0 Å². The number of carbonyl (C=O) groups is 1. The van der Waals surface area contributed by atoms with E-state index in [1.165, 1.54) is 19.2 Å². The van der Waals surface area contributed by atoms with E-state index in [0.717, 1.165) is 0 Å². The fourth-order valence-corrected chi connectivity index (χ4v) is 1.86. The molecule has 0 aliphatic carbocycles. The molecule has 7 heteroatoms. The topological polar surface area (TPSA) is 99.3 Å². The van der Waals surface area contributed by atoms with Crippen molar-refractivity contribution in [1.82, 2.24) is 5.32 Å². The van der Waals surface area contributed by atoms with E-state index < -0.39 is 4.92 Å². The molecule has 20 heavy (non-hydrogen) atoms. The van der Waals surface area contributed by atoms with Crippen LogP contribution in [0.2, 0.25) is 0 Å². The number of rotatable bonds is 6. The molecule has 0 aliphatic rings. The number of nitrogens with zero attached hydrogens (tertiary/aromatic N) is 3. The molecule has 106 valence electrons. The Kier molecular flexibility index (Phi) is 5.47. The molecule has 0 saturated carbocycles. The van der Waals surface area contributed by atoms with E-state index in [-0.39, 0.29) is 23.6 Å². The lowest BCUT2D eigenvalue weighted by Crippen LogP contribution is -2.25. The van der Waals surface area contributed by atoms with E-state index in [4.69, 9.17) is 5.26 Å². The van der Waals surface area contributed by atoms with Crippen molar-refractivity contribution in [2.75, 3.05) is 25.0 Å². The molecule has 7 nitrogen and oxygen atoms in total. The van der Waals surface area contributed by atoms with Gasteiger partial charge in [0.25, 0.3) is 11.6 Å². The summed E-state index contributed by atoms with van der Waals surface area (Å²) in [4.78, 5) is 23.9. The van der Waals surface area contributed by atoms with Gasteiger partial charge in [0.2, 0.25) is 0 Å². The first-order valence-electron chi connectivity index (χ1n) is 6.17. The van der Waals surface area contributed by atoms with Gasteiger partial charge in [0.1, 0.15) is 5.69 Å². The van der Waals surface area contributed by atoms with Crippen LogP contribution in [0, 0.1) is 21.4 Å². The standard InChI is InChI=1S/C13H16N4O3/c1-3-16(8-4-7-14)11-6-5-10(13(18)15-2)9-12(11)17(19)20/h5-6,9H,3-4,8H2,1-2H3,(H,15,18). The normalized spacial score (nSPS) is 9.65. The average molecular weight is 276 g/mol. The van der Waals surface area contributed by atoms with Gasteiger partial charge in [0, 0.05) is 31.8 Å². The molecule has 0 spiro atoms. The highest BCUT2D eigenvalue weighted by molar-refractivity contribution is 5.95. The Hall–Kier alpha value is -2.62. The minimum Gasteiger partial charge on any atom is -0.365 e. The largest absolute Gasteiger partial charge is 0.365 e. The van der Waals surface area contributed by atoms with Gasteiger partial charge in [-0.05, 0) is 19.1 Å². The van der Waals surface area contributed by atoms with Crippen LogP contribution in [0.5, 0.6) is 0 Å². The lowest BCUT2D eigenvalue weighted by Gasteiger charge is -2.21. The molecule has 0 atom stereocenters. The number of nitrogens with one attached hydrogen (secondary N) is 1. The number of nitriles is 1. The number of benzene rings is 1. The summed E-state index contributed by atoms with van der Waals surface area (Å²) >= 11 is 0. The van der Waals surface area contributed by atoms with E-state index in [2.05, 4.69) is 5.32 Å². The third kappa shape index (κ3) is 3.45. The van der Waals surface area contributed by atoms with Crippen LogP contribution in [-0.4, -0.2) is 31.0 Å². The van der Waals surface area contributed by atoms with Crippen LogP contribution in [0.25, 0.3) is 0 Å². The molecule has 0 fully saturated rings. The molecule has 1 aromatic carbocycles. The third-order valence-corrected chi connectivity index (χ3v) is 2.88. The van der Waals surface area contributed by atoms with Crippen LogP contribution < -0.4 is 10.2 Å². The Morgan fingerprint density at radius 3 is 2.75 bits per heavy atom. The van der Waals surface area contributed by atoms with Gasteiger partial charge in [-0.3, -0.25) is 14.9 Å². The third-order valence-electron chi connectivity index (χ3n) is 2.88. The van der Waals surface area contributed by atoms with Gasteiger partial charge in [0.15, 0.2) is 0 Å². The van der Waals surface area contributed by atoms with Crippen molar-refractivity contribution < 1.29 is 9.72 Å². The van der Waals surface area contributed by atoms with Gasteiger partial charge in [-0.2, -0.15) is 5.26 Å². The molecule has 1 amide bonds. The van der Waals surface area contributed by atoms with Gasteiger partial charge in [-0.25, -0.2) is 0 Å². The molecule has 0 aromatic heterocycles. The Bertz CT molecular complexity index is 551. The molecule has 0 radical (unpaired) electrons. The summed E-state index contributed by atoms with van der Waals surface area (Å²) in [7, 11) is 1.47. The van der Waals surface area contributed by atoms with E-state index in [1.54, 1.807) is 11.0 Å². The predicted molar refractivity (Wildman–Crippen MR) is 74.6 cm³/mol. The molecule has 0 bridgehead atoms. The Balaban J connectivity index is 3.22. The second kappa shape index (κ2) is 7.09. The zero-order valence-electron chi connectivity index (χ0n) is 11.4. The zero-order valence-corrected chi connectivity index (χ0v) is 11.4. The van der Waals surface area contributed by atoms with Crippen LogP contribution in [0.1, 0.15) is 23.7 Å². The second-order valence-electron chi connectivity index (χ2n) is 4.03. The average Bonchev–Trinajstić information content (AvgIpc) is 2.47. The molecule has 0 heterocycles. The van der Waals surface area contributed by atoms with Crippen molar-refractivity contribution in [3.8, 4) is 6.07 Å². The summed E-state index contributed by atoms with van der Waals surface area (Å²) in [6, 6.07) is 6.35. The summed E-state index contributed by atoms with van der Waals surface area (Å²) in [5.41, 5.74) is 0.519. The number of nitro groups is 1. The maximum absolute atomic E-state index is 11.5. The molecule has 0 unspecified atom stereocenters. The van der Waals surface area contributed by atoms with E-state index in [1.807, 2.05) is 13.0 Å². The molecule has 0 aliphatic heterocycles. The fraction of sp³-hybridized carbons (Fsp3) is 0.385. The Labute approximate surface area is 117 Å². The quantitative estimate of drug-likeness (QED) is 0.629. The Morgan fingerprint density at radius 1 is 1.55 bits per heavy atom. The highest BCUT2D eigenvalue weighted by Gasteiger charge is 2.20. The molecule has 1 N–H and O–H groups in total. The summed E-state index contributed by atoms with van der Waals surface area (Å²) in [6.07, 6.45) is 0.280. The van der Waals surface area contributed by atoms with Crippen LogP contribution in [-0.2, 0) is 0 Å². The van der Waals surface area contributed by atoms with Crippen molar-refractivity contribution in [1.29, 1.82) is 5.26 Å². The molecular weight excluding hydrogens is 260 g/mol. The molecular formula is C13H16N4O3. The number of anilines is 1. The van der Waals surface area contributed by atoms with Gasteiger partial charge in [0.05, 0.1) is 17.4 Å². The van der Waals surface area contributed by atoms with E-state index in [9.17, 15) is 14.9 Å². The fourth-order valence-electron chi connectivity index (χ4n) is 1.86. The first-order valence-corrected chi connectivity index (χ1v) is 6.17. The van der Waals surface area contributed by atoms with Gasteiger partial charge in [-0.1, -0.05) is 0 Å². The minimum atomic E-state index is -0.517. The maximum Gasteiger partial charge on any atom is 0.293 e. The van der Waals surface area contributed by atoms with Crippen LogP contribution in [0.4, 0.5) is 11.4 Å². The van der Waals surface area contributed by atoms with Gasteiger partial charge < -0.3 is 10.2 Å². The van der Waals surface area contributed by atoms with Crippen molar-refractivity contribution >= 4 is 17.3 Å². The number of hydrogen-bond acceptors (Lipinski definition) is 5. The summed E-state index contributed by atoms with van der Waals surface area (Å²) in [5, 5.41) is 22.2. The van der Waals surface area contributed by atoms with Crippen molar-refractivity contribution in [3.05, 3.63) is 33.9 Å². The predicted octanol–water partition coefficient (Wildman–Crippen LogP) is 1.69. The lowest BCUT2D eigenvalue weighted by atomic mass is 10.1. The van der Waals surface area contributed by atoms with Crippen molar-refractivity contribution in [2.45, 2.75) is 13.3 Å². The SMILES string of the molecule is CCN(CCC#N)c1ccc(C(=O)NC)cc1[N+](=O)[O-]. The summed E-state index contributed by atoms with van der Waals surface area (Å²) < 4.78 is 0. The smallest absolute Gasteiger partial charge is 0.293 e. The van der Waals surface area contributed by atoms with Gasteiger partial charge >= 0.3 is 0 Å². The first-order chi connectivity index (χ1) is 9.54. The molecule has 1 rings (SSSR count). The van der Waals surface area contributed by atoms with Crippen molar-refractivity contribution in [2.24, 2.45) is 0 Å². The lowest BCUT2D eigenvalue weighted by molar-refractivity contribution is -0.384. The zero-order chi connectivity index (χ0) is 15.1. The van der Waals surface area contributed by atoms with E-state index >= 15 is 0 Å². The Morgan fingerprint density at radius 2 is 2.25 bits per heavy atom. The minimum absolute atomic E-state index is 0.133. The molecule has 0 saturated heterocycles. The maximum atomic E-state index is 11.5.